The molecule has 0 bridgehead atoms. The molecular formula is C25H28FNO6. The second-order valence-electron chi connectivity index (χ2n) is 7.82. The Morgan fingerprint density at radius 2 is 1.70 bits per heavy atom. The molecule has 2 aromatic carbocycles. The summed E-state index contributed by atoms with van der Waals surface area (Å²) in [6.07, 6.45) is 0.453. The fourth-order valence-corrected chi connectivity index (χ4v) is 3.90. The van der Waals surface area contributed by atoms with Crippen LogP contribution in [0.25, 0.3) is 5.76 Å². The van der Waals surface area contributed by atoms with Crippen LogP contribution >= 0.6 is 0 Å². The Morgan fingerprint density at radius 1 is 1.06 bits per heavy atom. The van der Waals surface area contributed by atoms with Crippen LogP contribution in [0.15, 0.2) is 48.0 Å². The SMILES string of the molecule is COc1cccc(OC)c1/C(O)=C1\C(=O)C(=O)N(CCCOC(C)C)C1c1ccccc1F. The maximum Gasteiger partial charge on any atom is 0.295 e. The molecule has 2 aromatic rings. The molecule has 0 aliphatic carbocycles. The van der Waals surface area contributed by atoms with E-state index in [2.05, 4.69) is 0 Å². The maximum atomic E-state index is 14.9. The van der Waals surface area contributed by atoms with Crippen LogP contribution < -0.4 is 9.47 Å². The van der Waals surface area contributed by atoms with Gasteiger partial charge in [0, 0.05) is 18.7 Å². The molecule has 1 aliphatic heterocycles. The number of benzene rings is 2. The van der Waals surface area contributed by atoms with Crippen LogP contribution in [0.4, 0.5) is 4.39 Å². The van der Waals surface area contributed by atoms with Crippen molar-refractivity contribution in [3.8, 4) is 11.5 Å². The molecule has 1 N–H and O–H groups in total. The zero-order chi connectivity index (χ0) is 24.1. The van der Waals surface area contributed by atoms with Crippen LogP contribution in [0.2, 0.25) is 0 Å². The monoisotopic (exact) mass is 457 g/mol. The van der Waals surface area contributed by atoms with Gasteiger partial charge in [0.2, 0.25) is 0 Å². The van der Waals surface area contributed by atoms with E-state index in [0.717, 1.165) is 0 Å². The summed E-state index contributed by atoms with van der Waals surface area (Å²) in [7, 11) is 2.82. The average molecular weight is 457 g/mol. The number of ether oxygens (including phenoxy) is 3. The fraction of sp³-hybridized carbons (Fsp3) is 0.360. The lowest BCUT2D eigenvalue weighted by molar-refractivity contribution is -0.140. The van der Waals surface area contributed by atoms with E-state index in [9.17, 15) is 19.1 Å². The molecule has 176 valence electrons. The number of carbonyl (C=O) groups excluding carboxylic acids is 2. The molecule has 1 amide bonds. The number of carbonyl (C=O) groups is 2. The van der Waals surface area contributed by atoms with Crippen molar-refractivity contribution >= 4 is 17.4 Å². The molecule has 1 aliphatic rings. The van der Waals surface area contributed by atoms with Crippen molar-refractivity contribution < 1.29 is 33.3 Å². The van der Waals surface area contributed by atoms with Crippen LogP contribution in [0.5, 0.6) is 11.5 Å². The average Bonchev–Trinajstić information content (AvgIpc) is 3.05. The van der Waals surface area contributed by atoms with E-state index < -0.39 is 29.3 Å². The first-order chi connectivity index (χ1) is 15.8. The van der Waals surface area contributed by atoms with Crippen molar-refractivity contribution in [2.45, 2.75) is 32.4 Å². The number of likely N-dealkylation sites (tertiary alicyclic amines) is 1. The highest BCUT2D eigenvalue weighted by Gasteiger charge is 2.47. The van der Waals surface area contributed by atoms with Gasteiger partial charge in [-0.3, -0.25) is 9.59 Å². The molecule has 1 atom stereocenters. The van der Waals surface area contributed by atoms with Gasteiger partial charge >= 0.3 is 0 Å². The van der Waals surface area contributed by atoms with Crippen molar-refractivity contribution in [2.24, 2.45) is 0 Å². The first-order valence-electron chi connectivity index (χ1n) is 10.7. The van der Waals surface area contributed by atoms with E-state index in [1.165, 1.54) is 37.3 Å². The van der Waals surface area contributed by atoms with Crippen molar-refractivity contribution in [2.75, 3.05) is 27.4 Å². The van der Waals surface area contributed by atoms with E-state index in [0.29, 0.717) is 13.0 Å². The molecule has 0 aromatic heterocycles. The molecule has 1 saturated heterocycles. The van der Waals surface area contributed by atoms with Crippen molar-refractivity contribution in [1.29, 1.82) is 0 Å². The summed E-state index contributed by atoms with van der Waals surface area (Å²) < 4.78 is 31.1. The number of hydrogen-bond donors (Lipinski definition) is 1. The molecule has 0 radical (unpaired) electrons. The Hall–Kier alpha value is -3.39. The minimum Gasteiger partial charge on any atom is -0.506 e. The number of amides is 1. The number of hydrogen-bond acceptors (Lipinski definition) is 6. The summed E-state index contributed by atoms with van der Waals surface area (Å²) in [5.74, 6) is -2.31. The Balaban J connectivity index is 2.16. The summed E-state index contributed by atoms with van der Waals surface area (Å²) in [6, 6.07) is 9.62. The van der Waals surface area contributed by atoms with E-state index in [1.807, 2.05) is 13.8 Å². The largest absolute Gasteiger partial charge is 0.506 e. The summed E-state index contributed by atoms with van der Waals surface area (Å²) >= 11 is 0. The third-order valence-electron chi connectivity index (χ3n) is 5.40. The summed E-state index contributed by atoms with van der Waals surface area (Å²) in [5, 5.41) is 11.3. The number of nitrogens with zero attached hydrogens (tertiary/aromatic N) is 1. The molecule has 0 spiro atoms. The Morgan fingerprint density at radius 3 is 2.27 bits per heavy atom. The lowest BCUT2D eigenvalue weighted by Crippen LogP contribution is -2.31. The predicted octanol–water partition coefficient (Wildman–Crippen LogP) is 4.08. The van der Waals surface area contributed by atoms with Crippen molar-refractivity contribution in [1.82, 2.24) is 4.90 Å². The molecule has 33 heavy (non-hydrogen) atoms. The van der Waals surface area contributed by atoms with Gasteiger partial charge in [-0.2, -0.15) is 0 Å². The second-order valence-corrected chi connectivity index (χ2v) is 7.82. The highest BCUT2D eigenvalue weighted by Crippen LogP contribution is 2.43. The summed E-state index contributed by atoms with van der Waals surface area (Å²) in [4.78, 5) is 27.4. The molecular weight excluding hydrogens is 429 g/mol. The van der Waals surface area contributed by atoms with Gasteiger partial charge in [-0.05, 0) is 38.5 Å². The number of rotatable bonds is 9. The van der Waals surface area contributed by atoms with E-state index >= 15 is 0 Å². The zero-order valence-corrected chi connectivity index (χ0v) is 19.1. The van der Waals surface area contributed by atoms with Crippen LogP contribution in [0.1, 0.15) is 37.4 Å². The van der Waals surface area contributed by atoms with Gasteiger partial charge in [-0.1, -0.05) is 24.3 Å². The smallest absolute Gasteiger partial charge is 0.295 e. The van der Waals surface area contributed by atoms with Gasteiger partial charge < -0.3 is 24.2 Å². The number of aliphatic hydroxyl groups is 1. The second kappa shape index (κ2) is 10.5. The lowest BCUT2D eigenvalue weighted by Gasteiger charge is -2.26. The van der Waals surface area contributed by atoms with Gasteiger partial charge in [0.1, 0.15) is 28.6 Å². The number of methoxy groups -OCH3 is 2. The number of Topliss-reactive ketones (excluding diaryl/α,β-unsaturated/α-hetero) is 1. The Labute approximate surface area is 192 Å². The Bertz CT molecular complexity index is 1040. The summed E-state index contributed by atoms with van der Waals surface area (Å²) in [6.45, 7) is 4.31. The maximum absolute atomic E-state index is 14.9. The number of ketones is 1. The van der Waals surface area contributed by atoms with E-state index in [4.69, 9.17) is 14.2 Å². The molecule has 1 heterocycles. The van der Waals surface area contributed by atoms with Crippen LogP contribution in [0, 0.1) is 5.82 Å². The highest BCUT2D eigenvalue weighted by atomic mass is 19.1. The Kier molecular flexibility index (Phi) is 7.71. The lowest BCUT2D eigenvalue weighted by atomic mass is 9.94. The first kappa shape index (κ1) is 24.3. The topological polar surface area (TPSA) is 85.3 Å². The van der Waals surface area contributed by atoms with Gasteiger partial charge in [0.15, 0.2) is 0 Å². The first-order valence-corrected chi connectivity index (χ1v) is 10.7. The van der Waals surface area contributed by atoms with Gasteiger partial charge in [0.25, 0.3) is 11.7 Å². The highest BCUT2D eigenvalue weighted by molar-refractivity contribution is 6.46. The van der Waals surface area contributed by atoms with Gasteiger partial charge in [0.05, 0.1) is 31.9 Å². The van der Waals surface area contributed by atoms with Gasteiger partial charge in [-0.25, -0.2) is 4.39 Å². The quantitative estimate of drug-likeness (QED) is 0.264. The van der Waals surface area contributed by atoms with Crippen LogP contribution in [0.3, 0.4) is 0 Å². The number of halogens is 1. The van der Waals surface area contributed by atoms with E-state index in [1.54, 1.807) is 24.3 Å². The molecule has 1 fully saturated rings. The molecule has 8 heteroatoms. The molecule has 0 saturated carbocycles. The van der Waals surface area contributed by atoms with Crippen molar-refractivity contribution in [3.63, 3.8) is 0 Å². The fourth-order valence-electron chi connectivity index (χ4n) is 3.90. The van der Waals surface area contributed by atoms with E-state index in [-0.39, 0.29) is 40.8 Å². The molecule has 7 nitrogen and oxygen atoms in total. The minimum absolute atomic E-state index is 0.0146. The van der Waals surface area contributed by atoms with Gasteiger partial charge in [-0.15, -0.1) is 0 Å². The van der Waals surface area contributed by atoms with Crippen molar-refractivity contribution in [3.05, 3.63) is 65.0 Å². The summed E-state index contributed by atoms with van der Waals surface area (Å²) in [5.41, 5.74) is -0.000416. The zero-order valence-electron chi connectivity index (χ0n) is 19.1. The predicted molar refractivity (Wildman–Crippen MR) is 121 cm³/mol. The van der Waals surface area contributed by atoms with Crippen LogP contribution in [-0.2, 0) is 14.3 Å². The molecule has 3 rings (SSSR count). The number of aliphatic hydroxyl groups excluding tert-OH is 1. The normalized spacial score (nSPS) is 17.6. The standard InChI is InChI=1S/C25H28FNO6/c1-15(2)33-14-8-13-27-22(16-9-5-6-10-17(16)26)21(24(29)25(27)30)23(28)20-18(31-3)11-7-12-19(20)32-4/h5-7,9-12,15,22,28H,8,13-14H2,1-4H3/b23-21+. The third kappa shape index (κ3) is 4.85. The van der Waals surface area contributed by atoms with Crippen LogP contribution in [-0.4, -0.2) is 55.2 Å². The minimum atomic E-state index is -1.11. The third-order valence-corrected chi connectivity index (χ3v) is 5.40. The molecule has 1 unspecified atom stereocenters.